The average molecular weight is 347 g/mol. The Kier molecular flexibility index (Phi) is 4.28. The van der Waals surface area contributed by atoms with Crippen molar-refractivity contribution in [2.75, 3.05) is 11.1 Å². The molecule has 3 aromatic rings. The molecular weight excluding hydrogens is 335 g/mol. The van der Waals surface area contributed by atoms with Gasteiger partial charge in [0.25, 0.3) is 5.91 Å². The van der Waals surface area contributed by atoms with Crippen molar-refractivity contribution in [3.63, 3.8) is 0 Å². The second-order valence-electron chi connectivity index (χ2n) is 4.83. The van der Waals surface area contributed by atoms with Crippen molar-refractivity contribution in [2.24, 2.45) is 0 Å². The van der Waals surface area contributed by atoms with Gasteiger partial charge in [0.15, 0.2) is 5.76 Å². The van der Waals surface area contributed by atoms with Crippen molar-refractivity contribution in [2.45, 2.75) is 0 Å². The third-order valence-electron chi connectivity index (χ3n) is 3.24. The summed E-state index contributed by atoms with van der Waals surface area (Å²) in [6, 6.07) is 15.5. The lowest BCUT2D eigenvalue weighted by Crippen LogP contribution is -2.12. The molecular formula is C17H12Cl2N2O2. The quantitative estimate of drug-likeness (QED) is 0.649. The fourth-order valence-corrected chi connectivity index (χ4v) is 2.43. The van der Waals surface area contributed by atoms with E-state index in [9.17, 15) is 4.79 Å². The first-order chi connectivity index (χ1) is 11.0. The van der Waals surface area contributed by atoms with Crippen LogP contribution in [-0.4, -0.2) is 5.91 Å². The number of nitrogens with two attached hydrogens (primary N) is 1. The number of hydrogen-bond donors (Lipinski definition) is 2. The van der Waals surface area contributed by atoms with E-state index in [0.29, 0.717) is 27.2 Å². The highest BCUT2D eigenvalue weighted by Gasteiger charge is 2.15. The second-order valence-corrected chi connectivity index (χ2v) is 5.67. The monoisotopic (exact) mass is 346 g/mol. The number of rotatable bonds is 3. The molecule has 1 heterocycles. The predicted molar refractivity (Wildman–Crippen MR) is 93.0 cm³/mol. The molecule has 0 unspecified atom stereocenters. The molecule has 0 bridgehead atoms. The van der Waals surface area contributed by atoms with Gasteiger partial charge < -0.3 is 15.5 Å². The van der Waals surface area contributed by atoms with Crippen molar-refractivity contribution in [1.29, 1.82) is 0 Å². The molecule has 0 radical (unpaired) electrons. The van der Waals surface area contributed by atoms with Gasteiger partial charge in [0, 0.05) is 10.6 Å². The van der Waals surface area contributed by atoms with Crippen molar-refractivity contribution in [3.05, 3.63) is 70.4 Å². The van der Waals surface area contributed by atoms with Gasteiger partial charge in [-0.1, -0.05) is 29.3 Å². The molecule has 1 amide bonds. The molecule has 1 aromatic heterocycles. The molecule has 6 heteroatoms. The Bertz CT molecular complexity index is 837. The maximum absolute atomic E-state index is 12.3. The summed E-state index contributed by atoms with van der Waals surface area (Å²) in [5.74, 6) is 0.304. The highest BCUT2D eigenvalue weighted by Crippen LogP contribution is 2.29. The largest absolute Gasteiger partial charge is 0.451 e. The lowest BCUT2D eigenvalue weighted by atomic mass is 10.2. The summed E-state index contributed by atoms with van der Waals surface area (Å²) in [5.41, 5.74) is 7.39. The van der Waals surface area contributed by atoms with Gasteiger partial charge in [0.1, 0.15) is 5.76 Å². The molecule has 0 atom stereocenters. The summed E-state index contributed by atoms with van der Waals surface area (Å²) in [6.07, 6.45) is 0. The van der Waals surface area contributed by atoms with Crippen LogP contribution in [0.1, 0.15) is 10.6 Å². The highest BCUT2D eigenvalue weighted by atomic mass is 35.5. The third-order valence-corrected chi connectivity index (χ3v) is 3.81. The van der Waals surface area contributed by atoms with Crippen molar-refractivity contribution >= 4 is 40.5 Å². The van der Waals surface area contributed by atoms with Crippen molar-refractivity contribution < 1.29 is 9.21 Å². The molecule has 0 saturated heterocycles. The number of anilines is 2. The lowest BCUT2D eigenvalue weighted by molar-refractivity contribution is 0.0997. The number of carbonyl (C=O) groups is 1. The number of benzene rings is 2. The first kappa shape index (κ1) is 15.5. The number of amides is 1. The van der Waals surface area contributed by atoms with E-state index in [1.165, 1.54) is 0 Å². The molecule has 3 N–H and O–H groups in total. The molecule has 0 fully saturated rings. The molecule has 0 saturated carbocycles. The zero-order valence-corrected chi connectivity index (χ0v) is 13.4. The van der Waals surface area contributed by atoms with Gasteiger partial charge in [0.05, 0.1) is 16.4 Å². The van der Waals surface area contributed by atoms with E-state index in [1.807, 2.05) is 12.1 Å². The van der Waals surface area contributed by atoms with Gasteiger partial charge in [-0.2, -0.15) is 0 Å². The first-order valence-corrected chi connectivity index (χ1v) is 7.51. The van der Waals surface area contributed by atoms with E-state index in [4.69, 9.17) is 33.4 Å². The van der Waals surface area contributed by atoms with Crippen LogP contribution in [0.15, 0.2) is 59.0 Å². The van der Waals surface area contributed by atoms with E-state index in [-0.39, 0.29) is 5.76 Å². The maximum atomic E-state index is 12.3. The smallest absolute Gasteiger partial charge is 0.291 e. The standard InChI is InChI=1S/C17H12Cl2N2O2/c18-11-6-4-10(5-7-11)14-8-9-15(23-14)17(22)21-16-12(19)2-1-3-13(16)20/h1-9H,20H2,(H,21,22). The van der Waals surface area contributed by atoms with Crippen molar-refractivity contribution in [1.82, 2.24) is 0 Å². The Morgan fingerprint density at radius 1 is 1.00 bits per heavy atom. The summed E-state index contributed by atoms with van der Waals surface area (Å²) in [7, 11) is 0. The number of furan rings is 1. The molecule has 116 valence electrons. The molecule has 0 aliphatic heterocycles. The Labute approximate surface area is 142 Å². The van der Waals surface area contributed by atoms with Gasteiger partial charge in [0.2, 0.25) is 0 Å². The first-order valence-electron chi connectivity index (χ1n) is 6.76. The van der Waals surface area contributed by atoms with E-state index >= 15 is 0 Å². The molecule has 23 heavy (non-hydrogen) atoms. The Morgan fingerprint density at radius 3 is 2.43 bits per heavy atom. The number of carbonyl (C=O) groups excluding carboxylic acids is 1. The Balaban J connectivity index is 1.83. The molecule has 4 nitrogen and oxygen atoms in total. The molecule has 2 aromatic carbocycles. The van der Waals surface area contributed by atoms with E-state index < -0.39 is 5.91 Å². The second kappa shape index (κ2) is 6.36. The van der Waals surface area contributed by atoms with Crippen LogP contribution in [0.2, 0.25) is 10.0 Å². The summed E-state index contributed by atoms with van der Waals surface area (Å²) < 4.78 is 5.58. The van der Waals surface area contributed by atoms with Crippen LogP contribution in [-0.2, 0) is 0 Å². The van der Waals surface area contributed by atoms with Crippen LogP contribution in [0.5, 0.6) is 0 Å². The highest BCUT2D eigenvalue weighted by molar-refractivity contribution is 6.34. The van der Waals surface area contributed by atoms with Crippen LogP contribution < -0.4 is 11.1 Å². The maximum Gasteiger partial charge on any atom is 0.291 e. The average Bonchev–Trinajstić information content (AvgIpc) is 3.02. The van der Waals surface area contributed by atoms with Gasteiger partial charge in [-0.3, -0.25) is 4.79 Å². The van der Waals surface area contributed by atoms with Crippen LogP contribution in [0.25, 0.3) is 11.3 Å². The minimum Gasteiger partial charge on any atom is -0.451 e. The number of nitrogens with one attached hydrogen (secondary N) is 1. The number of nitrogen functional groups attached to an aromatic ring is 1. The molecule has 0 spiro atoms. The lowest BCUT2D eigenvalue weighted by Gasteiger charge is -2.08. The van der Waals surface area contributed by atoms with Gasteiger partial charge in [-0.05, 0) is 48.5 Å². The Morgan fingerprint density at radius 2 is 1.74 bits per heavy atom. The number of para-hydroxylation sites is 1. The Hall–Kier alpha value is -2.43. The SMILES string of the molecule is Nc1cccc(Cl)c1NC(=O)c1ccc(-c2ccc(Cl)cc2)o1. The number of halogens is 2. The topological polar surface area (TPSA) is 68.3 Å². The summed E-state index contributed by atoms with van der Waals surface area (Å²) in [5, 5.41) is 3.65. The van der Waals surface area contributed by atoms with Gasteiger partial charge in [-0.25, -0.2) is 0 Å². The zero-order valence-electron chi connectivity index (χ0n) is 11.8. The summed E-state index contributed by atoms with van der Waals surface area (Å²) in [6.45, 7) is 0. The predicted octanol–water partition coefficient (Wildman–Crippen LogP) is 5.09. The number of hydrogen-bond acceptors (Lipinski definition) is 3. The van der Waals surface area contributed by atoms with Crippen LogP contribution in [0, 0.1) is 0 Å². The van der Waals surface area contributed by atoms with Crippen LogP contribution in [0.3, 0.4) is 0 Å². The zero-order chi connectivity index (χ0) is 16.4. The minimum absolute atomic E-state index is 0.161. The van der Waals surface area contributed by atoms with Gasteiger partial charge in [-0.15, -0.1) is 0 Å². The fourth-order valence-electron chi connectivity index (χ4n) is 2.08. The fraction of sp³-hybridized carbons (Fsp3) is 0. The molecule has 3 rings (SSSR count). The van der Waals surface area contributed by atoms with E-state index in [1.54, 1.807) is 42.5 Å². The summed E-state index contributed by atoms with van der Waals surface area (Å²) >= 11 is 11.9. The van der Waals surface area contributed by atoms with Crippen LogP contribution >= 0.6 is 23.2 Å². The minimum atomic E-state index is -0.426. The van der Waals surface area contributed by atoms with Crippen LogP contribution in [0.4, 0.5) is 11.4 Å². The third kappa shape index (κ3) is 3.33. The van der Waals surface area contributed by atoms with E-state index in [0.717, 1.165) is 5.56 Å². The van der Waals surface area contributed by atoms with Crippen molar-refractivity contribution in [3.8, 4) is 11.3 Å². The summed E-state index contributed by atoms with van der Waals surface area (Å²) in [4.78, 5) is 12.3. The molecule has 0 aliphatic carbocycles. The normalized spacial score (nSPS) is 10.5. The van der Waals surface area contributed by atoms with Gasteiger partial charge >= 0.3 is 0 Å². The van der Waals surface area contributed by atoms with E-state index in [2.05, 4.69) is 5.32 Å². The molecule has 0 aliphatic rings.